The Hall–Kier alpha value is -3.67. The zero-order chi connectivity index (χ0) is 35.1. The number of aliphatic hydroxyl groups excluding tert-OH is 1. The molecule has 6 heteroatoms. The second kappa shape index (κ2) is 11.4. The minimum Gasteiger partial charge on any atom is -0.504 e. The number of amides is 2. The highest BCUT2D eigenvalue weighted by molar-refractivity contribution is 6.06. The molecule has 1 N–H and O–H groups in total. The molecule has 1 aromatic rings. The Kier molecular flexibility index (Phi) is 7.89. The van der Waals surface area contributed by atoms with Crippen LogP contribution in [0.2, 0.25) is 0 Å². The second-order valence-corrected chi connectivity index (χ2v) is 17.5. The van der Waals surface area contributed by atoms with Crippen LogP contribution in [0.5, 0.6) is 0 Å². The van der Waals surface area contributed by atoms with Gasteiger partial charge in [0, 0.05) is 48.7 Å². The number of hydrogen-bond acceptors (Lipinski definition) is 4. The molecule has 6 aliphatic rings. The van der Waals surface area contributed by atoms with Crippen LogP contribution in [-0.4, -0.2) is 58.7 Å². The van der Waals surface area contributed by atoms with Crippen LogP contribution in [0.15, 0.2) is 76.6 Å². The van der Waals surface area contributed by atoms with E-state index < -0.39 is 5.41 Å². The third-order valence-electron chi connectivity index (χ3n) is 14.8. The summed E-state index contributed by atoms with van der Waals surface area (Å²) in [6, 6.07) is 8.14. The molecule has 7 rings (SSSR count). The summed E-state index contributed by atoms with van der Waals surface area (Å²) < 4.78 is 0. The molecule has 0 spiro atoms. The highest BCUT2D eigenvalue weighted by atomic mass is 16.3. The van der Waals surface area contributed by atoms with Crippen molar-refractivity contribution in [2.75, 3.05) is 26.2 Å². The van der Waals surface area contributed by atoms with Crippen LogP contribution in [-0.2, 0) is 14.4 Å². The summed E-state index contributed by atoms with van der Waals surface area (Å²) >= 11 is 0. The summed E-state index contributed by atoms with van der Waals surface area (Å²) in [6.07, 6.45) is 16.7. The first-order valence-corrected chi connectivity index (χ1v) is 18.5. The Morgan fingerprint density at radius 3 is 2.18 bits per heavy atom. The number of piperazine rings is 1. The van der Waals surface area contributed by atoms with Crippen molar-refractivity contribution in [3.8, 4) is 0 Å². The number of carbonyl (C=O) groups is 3. The van der Waals surface area contributed by atoms with Crippen molar-refractivity contribution in [2.24, 2.45) is 33.0 Å². The molecule has 0 unspecified atom stereocenters. The van der Waals surface area contributed by atoms with Crippen LogP contribution in [0.4, 0.5) is 0 Å². The van der Waals surface area contributed by atoms with E-state index >= 15 is 0 Å². The number of nitrogens with zero attached hydrogens (tertiary/aromatic N) is 2. The largest absolute Gasteiger partial charge is 0.504 e. The molecule has 6 nitrogen and oxygen atoms in total. The van der Waals surface area contributed by atoms with Crippen LogP contribution in [0, 0.1) is 39.9 Å². The van der Waals surface area contributed by atoms with E-state index in [1.165, 1.54) is 11.1 Å². The van der Waals surface area contributed by atoms with Gasteiger partial charge in [-0.2, -0.15) is 0 Å². The summed E-state index contributed by atoms with van der Waals surface area (Å²) in [4.78, 5) is 44.2. The zero-order valence-corrected chi connectivity index (χ0v) is 30.6. The van der Waals surface area contributed by atoms with Gasteiger partial charge in [-0.05, 0) is 110 Å². The van der Waals surface area contributed by atoms with Crippen LogP contribution in [0.3, 0.4) is 0 Å². The average molecular weight is 663 g/mol. The number of benzene rings is 1. The monoisotopic (exact) mass is 662 g/mol. The molecule has 1 heterocycles. The molecule has 1 aromatic carbocycles. The molecule has 1 aliphatic heterocycles. The Labute approximate surface area is 292 Å². The highest BCUT2D eigenvalue weighted by Crippen LogP contribution is 2.75. The van der Waals surface area contributed by atoms with Gasteiger partial charge < -0.3 is 14.9 Å². The predicted octanol–water partition coefficient (Wildman–Crippen LogP) is 8.31. The summed E-state index contributed by atoms with van der Waals surface area (Å²) in [5.41, 5.74) is 5.77. The van der Waals surface area contributed by atoms with Crippen LogP contribution < -0.4 is 0 Å². The minimum atomic E-state index is -0.435. The van der Waals surface area contributed by atoms with E-state index in [0.29, 0.717) is 37.7 Å². The minimum absolute atomic E-state index is 0.000192. The quantitative estimate of drug-likeness (QED) is 0.331. The molecule has 1 saturated heterocycles. The molecule has 0 aromatic heterocycles. The van der Waals surface area contributed by atoms with E-state index in [2.05, 4.69) is 53.7 Å². The molecular weight excluding hydrogens is 608 g/mol. The maximum absolute atomic E-state index is 14.5. The van der Waals surface area contributed by atoms with Gasteiger partial charge in [0.15, 0.2) is 5.76 Å². The third kappa shape index (κ3) is 5.06. The third-order valence-corrected chi connectivity index (χ3v) is 14.8. The molecule has 5 aliphatic carbocycles. The Morgan fingerprint density at radius 1 is 0.837 bits per heavy atom. The van der Waals surface area contributed by atoms with Gasteiger partial charge in [0.2, 0.25) is 17.6 Å². The van der Waals surface area contributed by atoms with Gasteiger partial charge in [-0.3, -0.25) is 14.4 Å². The first-order valence-electron chi connectivity index (χ1n) is 18.5. The van der Waals surface area contributed by atoms with Crippen molar-refractivity contribution in [1.29, 1.82) is 0 Å². The van der Waals surface area contributed by atoms with E-state index in [1.807, 2.05) is 47.1 Å². The van der Waals surface area contributed by atoms with E-state index in [9.17, 15) is 19.5 Å². The molecule has 0 bridgehead atoms. The second-order valence-electron chi connectivity index (χ2n) is 17.5. The molecular formula is C43H54N2O4. The van der Waals surface area contributed by atoms with E-state index in [-0.39, 0.29) is 45.0 Å². The summed E-state index contributed by atoms with van der Waals surface area (Å²) in [7, 11) is 0. The lowest BCUT2D eigenvalue weighted by atomic mass is 9.34. The van der Waals surface area contributed by atoms with Gasteiger partial charge in [0.1, 0.15) is 0 Å². The first kappa shape index (κ1) is 33.8. The lowest BCUT2D eigenvalue weighted by molar-refractivity contribution is -0.175. The molecule has 0 radical (unpaired) electrons. The van der Waals surface area contributed by atoms with Crippen LogP contribution >= 0.6 is 0 Å². The van der Waals surface area contributed by atoms with Gasteiger partial charge in [0.05, 0.1) is 0 Å². The SMILES string of the molecule is CC1=C(O)C(=O)C=C2C1=CC=C1[C@@]2(C)CC[C@@]2(C)[C@@H]3C[C@](C)(C(=O)N4CCN(C(=O)/C=C/c5ccc(C)cc5)CC4)CC[C@]3(C)CC[C@]12C. The topological polar surface area (TPSA) is 77.9 Å². The van der Waals surface area contributed by atoms with Crippen LogP contribution in [0.25, 0.3) is 6.08 Å². The van der Waals surface area contributed by atoms with Crippen molar-refractivity contribution in [3.63, 3.8) is 0 Å². The Morgan fingerprint density at radius 2 is 1.49 bits per heavy atom. The number of hydrogen-bond donors (Lipinski definition) is 1. The van der Waals surface area contributed by atoms with Gasteiger partial charge in [-0.25, -0.2) is 0 Å². The number of carbonyl (C=O) groups excluding carboxylic acids is 3. The van der Waals surface area contributed by atoms with Crippen molar-refractivity contribution >= 4 is 23.7 Å². The fourth-order valence-corrected chi connectivity index (χ4v) is 11.1. The van der Waals surface area contributed by atoms with E-state index in [4.69, 9.17) is 0 Å². The average Bonchev–Trinajstić information content (AvgIpc) is 3.09. The maximum Gasteiger partial charge on any atom is 0.246 e. The Balaban J connectivity index is 1.09. The predicted molar refractivity (Wildman–Crippen MR) is 194 cm³/mol. The molecule has 6 atom stereocenters. The van der Waals surface area contributed by atoms with E-state index in [1.54, 1.807) is 12.2 Å². The van der Waals surface area contributed by atoms with Crippen molar-refractivity contribution in [2.45, 2.75) is 93.4 Å². The van der Waals surface area contributed by atoms with Crippen molar-refractivity contribution in [1.82, 2.24) is 9.80 Å². The molecule has 4 fully saturated rings. The molecule has 2 amide bonds. The lowest BCUT2D eigenvalue weighted by Crippen LogP contribution is -2.63. The first-order chi connectivity index (χ1) is 23.0. The molecule has 3 saturated carbocycles. The fourth-order valence-electron chi connectivity index (χ4n) is 11.1. The van der Waals surface area contributed by atoms with Gasteiger partial charge in [0.25, 0.3) is 0 Å². The van der Waals surface area contributed by atoms with Gasteiger partial charge in [-0.1, -0.05) is 82.2 Å². The lowest BCUT2D eigenvalue weighted by Gasteiger charge is -2.70. The zero-order valence-electron chi connectivity index (χ0n) is 30.6. The van der Waals surface area contributed by atoms with Gasteiger partial charge in [-0.15, -0.1) is 0 Å². The molecule has 260 valence electrons. The number of ketones is 1. The number of aryl methyl sites for hydroxylation is 1. The summed E-state index contributed by atoms with van der Waals surface area (Å²) in [6.45, 7) is 18.2. The maximum atomic E-state index is 14.5. The number of rotatable bonds is 3. The summed E-state index contributed by atoms with van der Waals surface area (Å²) in [5.74, 6) is 0.226. The smallest absolute Gasteiger partial charge is 0.246 e. The number of allylic oxidation sites excluding steroid dienone is 7. The van der Waals surface area contributed by atoms with Crippen molar-refractivity contribution < 1.29 is 19.5 Å². The standard InChI is InChI=1S/C43H54N2O4/c1-28-8-10-30(11-9-28)12-15-36(47)44-22-24-45(25-23-44)38(49)40(4)17-16-39(3)18-20-42(6)34-14-13-31-29(2)37(48)33(46)26-32(31)41(34,5)19-21-43(42,7)35(39)27-40/h8-15,26,35,48H,16-25,27H2,1-7H3/b15-12+/t35-,39-,40-,41+,42-,43+/m1/s1. The van der Waals surface area contributed by atoms with Crippen molar-refractivity contribution in [3.05, 3.63) is 87.7 Å². The number of aliphatic hydroxyl groups is 1. The number of fused-ring (bicyclic) bond motifs is 7. The normalized spacial score (nSPS) is 37.4. The van der Waals surface area contributed by atoms with Crippen LogP contribution in [0.1, 0.15) is 97.6 Å². The van der Waals surface area contributed by atoms with E-state index in [0.717, 1.165) is 61.7 Å². The molecule has 49 heavy (non-hydrogen) atoms. The Bertz CT molecular complexity index is 1770. The van der Waals surface area contributed by atoms with Gasteiger partial charge >= 0.3 is 0 Å². The fraction of sp³-hybridized carbons (Fsp3) is 0.558. The highest BCUT2D eigenvalue weighted by Gasteiger charge is 2.67. The summed E-state index contributed by atoms with van der Waals surface area (Å²) in [5, 5.41) is 10.5.